The largest absolute Gasteiger partial charge is 0.298 e. The summed E-state index contributed by atoms with van der Waals surface area (Å²) >= 11 is 1.01. The highest BCUT2D eigenvalue weighted by Gasteiger charge is 2.17. The second kappa shape index (κ2) is 6.96. The summed E-state index contributed by atoms with van der Waals surface area (Å²) in [4.78, 5) is 26.6. The molecule has 6 nitrogen and oxygen atoms in total. The number of non-ortho nitro benzene ring substituents is 1. The molecule has 3 rings (SSSR count). The van der Waals surface area contributed by atoms with E-state index in [2.05, 4.69) is 10.3 Å². The smallest absolute Gasteiger partial charge is 0.269 e. The molecule has 0 atom stereocenters. The van der Waals surface area contributed by atoms with Crippen LogP contribution in [0.1, 0.15) is 15.9 Å². The standard InChI is InChI=1S/C17H11F2N3O3S/c1-9-7-10(22(24)25)5-6-11(9)16(23)21-17-20-14(8-26-17)15-12(18)3-2-4-13(15)19/h2-8H,1H3,(H,20,21,23). The van der Waals surface area contributed by atoms with E-state index in [1.165, 1.54) is 29.6 Å². The van der Waals surface area contributed by atoms with Gasteiger partial charge >= 0.3 is 0 Å². The number of nitro groups is 1. The fourth-order valence-corrected chi connectivity index (χ4v) is 3.07. The number of nitrogens with zero attached hydrogens (tertiary/aromatic N) is 2. The number of aryl methyl sites for hydroxylation is 1. The van der Waals surface area contributed by atoms with Gasteiger partial charge in [-0.05, 0) is 30.7 Å². The molecule has 0 spiro atoms. The van der Waals surface area contributed by atoms with E-state index in [-0.39, 0.29) is 27.6 Å². The Bertz CT molecular complexity index is 1000. The van der Waals surface area contributed by atoms with Crippen molar-refractivity contribution in [1.82, 2.24) is 4.98 Å². The zero-order valence-electron chi connectivity index (χ0n) is 13.3. The molecular weight excluding hydrogens is 364 g/mol. The summed E-state index contributed by atoms with van der Waals surface area (Å²) < 4.78 is 27.6. The fourth-order valence-electron chi connectivity index (χ4n) is 2.37. The number of hydrogen-bond donors (Lipinski definition) is 1. The Labute approximate surface area is 150 Å². The third-order valence-electron chi connectivity index (χ3n) is 3.61. The number of carbonyl (C=O) groups excluding carboxylic acids is 1. The van der Waals surface area contributed by atoms with Gasteiger partial charge in [0.2, 0.25) is 0 Å². The van der Waals surface area contributed by atoms with E-state index in [0.29, 0.717) is 5.56 Å². The van der Waals surface area contributed by atoms with Crippen LogP contribution < -0.4 is 5.32 Å². The number of amides is 1. The van der Waals surface area contributed by atoms with Crippen LogP contribution in [0.3, 0.4) is 0 Å². The Morgan fingerprint density at radius 1 is 1.23 bits per heavy atom. The molecule has 0 aliphatic rings. The second-order valence-electron chi connectivity index (χ2n) is 5.35. The van der Waals surface area contributed by atoms with Crippen LogP contribution in [0.4, 0.5) is 19.6 Å². The van der Waals surface area contributed by atoms with Crippen molar-refractivity contribution in [3.63, 3.8) is 0 Å². The molecule has 0 radical (unpaired) electrons. The number of hydrogen-bond acceptors (Lipinski definition) is 5. The molecule has 0 aliphatic heterocycles. The summed E-state index contributed by atoms with van der Waals surface area (Å²) in [6.07, 6.45) is 0. The minimum Gasteiger partial charge on any atom is -0.298 e. The van der Waals surface area contributed by atoms with Gasteiger partial charge in [0.15, 0.2) is 5.13 Å². The van der Waals surface area contributed by atoms with E-state index < -0.39 is 22.5 Å². The maximum absolute atomic E-state index is 13.8. The van der Waals surface area contributed by atoms with Gasteiger partial charge < -0.3 is 0 Å². The van der Waals surface area contributed by atoms with Crippen LogP contribution in [0.15, 0.2) is 41.8 Å². The van der Waals surface area contributed by atoms with Crippen LogP contribution in [-0.2, 0) is 0 Å². The Balaban J connectivity index is 1.83. The quantitative estimate of drug-likeness (QED) is 0.535. The number of benzene rings is 2. The van der Waals surface area contributed by atoms with Gasteiger partial charge in [-0.1, -0.05) is 6.07 Å². The summed E-state index contributed by atoms with van der Waals surface area (Å²) in [6, 6.07) is 7.35. The number of halogens is 2. The molecule has 0 bridgehead atoms. The lowest BCUT2D eigenvalue weighted by atomic mass is 10.1. The molecule has 26 heavy (non-hydrogen) atoms. The summed E-state index contributed by atoms with van der Waals surface area (Å²) in [5.74, 6) is -2.02. The Hall–Kier alpha value is -3.20. The van der Waals surface area contributed by atoms with Crippen LogP contribution in [-0.4, -0.2) is 15.8 Å². The number of nitrogens with one attached hydrogen (secondary N) is 1. The SMILES string of the molecule is Cc1cc([N+](=O)[O-])ccc1C(=O)Nc1nc(-c2c(F)cccc2F)cs1. The molecule has 1 aromatic heterocycles. The van der Waals surface area contributed by atoms with E-state index in [0.717, 1.165) is 23.5 Å². The average Bonchev–Trinajstić information content (AvgIpc) is 3.02. The van der Waals surface area contributed by atoms with Crippen LogP contribution in [0, 0.1) is 28.7 Å². The van der Waals surface area contributed by atoms with Gasteiger partial charge in [0, 0.05) is 23.1 Å². The number of nitro benzene ring substituents is 1. The maximum atomic E-state index is 13.8. The van der Waals surface area contributed by atoms with Crippen LogP contribution >= 0.6 is 11.3 Å². The summed E-state index contributed by atoms with van der Waals surface area (Å²) in [5, 5.41) is 14.9. The Morgan fingerprint density at radius 2 is 1.92 bits per heavy atom. The number of thiazole rings is 1. The minimum atomic E-state index is -0.751. The van der Waals surface area contributed by atoms with E-state index in [1.54, 1.807) is 6.92 Å². The van der Waals surface area contributed by atoms with Crippen molar-refractivity contribution in [1.29, 1.82) is 0 Å². The Kier molecular flexibility index (Phi) is 4.72. The zero-order valence-corrected chi connectivity index (χ0v) is 14.1. The first-order chi connectivity index (χ1) is 12.4. The van der Waals surface area contributed by atoms with Crippen molar-refractivity contribution in [3.8, 4) is 11.3 Å². The molecule has 9 heteroatoms. The summed E-state index contributed by atoms with van der Waals surface area (Å²) in [6.45, 7) is 1.57. The van der Waals surface area contributed by atoms with Crippen molar-refractivity contribution in [3.05, 3.63) is 74.7 Å². The molecule has 0 saturated heterocycles. The number of rotatable bonds is 4. The molecule has 1 heterocycles. The third kappa shape index (κ3) is 3.42. The molecule has 2 aromatic carbocycles. The molecule has 3 aromatic rings. The molecule has 1 amide bonds. The molecule has 0 saturated carbocycles. The first kappa shape index (κ1) is 17.6. The molecule has 0 unspecified atom stereocenters. The topological polar surface area (TPSA) is 85.1 Å². The molecule has 1 N–H and O–H groups in total. The highest BCUT2D eigenvalue weighted by atomic mass is 32.1. The van der Waals surface area contributed by atoms with Crippen LogP contribution in [0.5, 0.6) is 0 Å². The maximum Gasteiger partial charge on any atom is 0.269 e. The number of carbonyl (C=O) groups is 1. The van der Waals surface area contributed by atoms with Crippen molar-refractivity contribution in [2.45, 2.75) is 6.92 Å². The lowest BCUT2D eigenvalue weighted by Gasteiger charge is -2.05. The van der Waals surface area contributed by atoms with Crippen LogP contribution in [0.25, 0.3) is 11.3 Å². The zero-order chi connectivity index (χ0) is 18.8. The van der Waals surface area contributed by atoms with Crippen molar-refractivity contribution in [2.24, 2.45) is 0 Å². The lowest BCUT2D eigenvalue weighted by Crippen LogP contribution is -2.13. The summed E-state index contributed by atoms with van der Waals surface area (Å²) in [5.41, 5.74) is 0.348. The predicted molar refractivity (Wildman–Crippen MR) is 93.3 cm³/mol. The first-order valence-electron chi connectivity index (χ1n) is 7.33. The number of aromatic nitrogens is 1. The highest BCUT2D eigenvalue weighted by molar-refractivity contribution is 7.14. The van der Waals surface area contributed by atoms with E-state index in [4.69, 9.17) is 0 Å². The van der Waals surface area contributed by atoms with E-state index in [1.807, 2.05) is 0 Å². The fraction of sp³-hybridized carbons (Fsp3) is 0.0588. The monoisotopic (exact) mass is 375 g/mol. The van der Waals surface area contributed by atoms with Gasteiger partial charge in [0.05, 0.1) is 16.2 Å². The molecule has 0 aliphatic carbocycles. The van der Waals surface area contributed by atoms with E-state index in [9.17, 15) is 23.7 Å². The highest BCUT2D eigenvalue weighted by Crippen LogP contribution is 2.29. The normalized spacial score (nSPS) is 10.6. The third-order valence-corrected chi connectivity index (χ3v) is 4.37. The van der Waals surface area contributed by atoms with Gasteiger partial charge in [-0.15, -0.1) is 11.3 Å². The van der Waals surface area contributed by atoms with Crippen LogP contribution in [0.2, 0.25) is 0 Å². The molecule has 132 valence electrons. The minimum absolute atomic E-state index is 0.0707. The molecular formula is C17H11F2N3O3S. The average molecular weight is 375 g/mol. The van der Waals surface area contributed by atoms with Crippen molar-refractivity contribution >= 4 is 28.1 Å². The summed E-state index contributed by atoms with van der Waals surface area (Å²) in [7, 11) is 0. The van der Waals surface area contributed by atoms with Crippen molar-refractivity contribution in [2.75, 3.05) is 5.32 Å². The van der Waals surface area contributed by atoms with Gasteiger partial charge in [-0.2, -0.15) is 0 Å². The van der Waals surface area contributed by atoms with Gasteiger partial charge in [0.25, 0.3) is 11.6 Å². The van der Waals surface area contributed by atoms with Gasteiger partial charge in [-0.3, -0.25) is 20.2 Å². The van der Waals surface area contributed by atoms with E-state index >= 15 is 0 Å². The second-order valence-corrected chi connectivity index (χ2v) is 6.20. The van der Waals surface area contributed by atoms with Gasteiger partial charge in [0.1, 0.15) is 11.6 Å². The van der Waals surface area contributed by atoms with Crippen molar-refractivity contribution < 1.29 is 18.5 Å². The number of anilines is 1. The first-order valence-corrected chi connectivity index (χ1v) is 8.21. The molecule has 0 fully saturated rings. The van der Waals surface area contributed by atoms with Gasteiger partial charge in [-0.25, -0.2) is 13.8 Å². The predicted octanol–water partition coefficient (Wildman–Crippen LogP) is 4.56. The Morgan fingerprint density at radius 3 is 2.54 bits per heavy atom. The lowest BCUT2D eigenvalue weighted by molar-refractivity contribution is -0.384.